The molecule has 1 aromatic carbocycles. The Bertz CT molecular complexity index is 714. The van der Waals surface area contributed by atoms with Crippen molar-refractivity contribution in [3.63, 3.8) is 0 Å². The van der Waals surface area contributed by atoms with E-state index in [0.29, 0.717) is 30.4 Å². The normalized spacial score (nSPS) is 13.6. The first-order chi connectivity index (χ1) is 10.7. The highest BCUT2D eigenvalue weighted by Gasteiger charge is 2.13. The number of pyridine rings is 1. The van der Waals surface area contributed by atoms with Crippen LogP contribution in [0.5, 0.6) is 11.5 Å². The van der Waals surface area contributed by atoms with Gasteiger partial charge in [0.2, 0.25) is 0 Å². The summed E-state index contributed by atoms with van der Waals surface area (Å²) in [6.07, 6.45) is 1.56. The van der Waals surface area contributed by atoms with Crippen LogP contribution in [0.3, 0.4) is 0 Å². The fourth-order valence-corrected chi connectivity index (χ4v) is 2.02. The maximum atomic E-state index is 11.9. The van der Waals surface area contributed by atoms with Crippen molar-refractivity contribution in [2.75, 3.05) is 13.2 Å². The van der Waals surface area contributed by atoms with Gasteiger partial charge in [0, 0.05) is 11.8 Å². The molecule has 1 aromatic heterocycles. The number of ether oxygens (including phenoxy) is 2. The van der Waals surface area contributed by atoms with Crippen LogP contribution in [-0.2, 0) is 0 Å². The molecule has 0 unspecified atom stereocenters. The van der Waals surface area contributed by atoms with Crippen LogP contribution in [0.15, 0.2) is 47.7 Å². The predicted octanol–water partition coefficient (Wildman–Crippen LogP) is 2.01. The molecule has 1 amide bonds. The van der Waals surface area contributed by atoms with Gasteiger partial charge in [0.05, 0.1) is 5.71 Å². The monoisotopic (exact) mass is 297 g/mol. The zero-order chi connectivity index (χ0) is 15.4. The molecule has 6 heteroatoms. The number of benzene rings is 1. The fourth-order valence-electron chi connectivity index (χ4n) is 2.02. The summed E-state index contributed by atoms with van der Waals surface area (Å²) in [6.45, 7) is 2.90. The van der Waals surface area contributed by atoms with Crippen molar-refractivity contribution >= 4 is 11.6 Å². The number of amides is 1. The molecule has 0 atom stereocenters. The van der Waals surface area contributed by atoms with Crippen molar-refractivity contribution in [1.82, 2.24) is 10.4 Å². The number of carbonyl (C=O) groups is 1. The molecule has 0 spiro atoms. The van der Waals surface area contributed by atoms with E-state index >= 15 is 0 Å². The number of fused-ring (bicyclic) bond motifs is 1. The number of nitrogens with zero attached hydrogens (tertiary/aromatic N) is 2. The summed E-state index contributed by atoms with van der Waals surface area (Å²) in [6, 6.07) is 10.7. The molecule has 0 saturated heterocycles. The molecule has 0 radical (unpaired) electrons. The van der Waals surface area contributed by atoms with Crippen molar-refractivity contribution in [2.24, 2.45) is 5.10 Å². The third-order valence-electron chi connectivity index (χ3n) is 3.18. The van der Waals surface area contributed by atoms with Crippen LogP contribution in [0, 0.1) is 0 Å². The minimum atomic E-state index is -0.350. The minimum Gasteiger partial charge on any atom is -0.486 e. The molecule has 2 heterocycles. The van der Waals surface area contributed by atoms with Gasteiger partial charge in [0.1, 0.15) is 18.9 Å². The summed E-state index contributed by atoms with van der Waals surface area (Å²) in [5.41, 5.74) is 4.33. The molecular weight excluding hydrogens is 282 g/mol. The second-order valence-corrected chi connectivity index (χ2v) is 4.71. The number of nitrogens with one attached hydrogen (secondary N) is 1. The minimum absolute atomic E-state index is 0.321. The molecule has 3 rings (SSSR count). The van der Waals surface area contributed by atoms with Gasteiger partial charge in [-0.2, -0.15) is 5.10 Å². The average molecular weight is 297 g/mol. The lowest BCUT2D eigenvalue weighted by molar-refractivity contribution is 0.0950. The smallest absolute Gasteiger partial charge is 0.289 e. The van der Waals surface area contributed by atoms with Crippen molar-refractivity contribution in [1.29, 1.82) is 0 Å². The van der Waals surface area contributed by atoms with Crippen LogP contribution >= 0.6 is 0 Å². The maximum absolute atomic E-state index is 11.9. The molecule has 1 aliphatic heterocycles. The summed E-state index contributed by atoms with van der Waals surface area (Å²) < 4.78 is 11.0. The lowest BCUT2D eigenvalue weighted by atomic mass is 10.1. The summed E-state index contributed by atoms with van der Waals surface area (Å²) in [7, 11) is 0. The Morgan fingerprint density at radius 2 is 2.00 bits per heavy atom. The van der Waals surface area contributed by atoms with Gasteiger partial charge < -0.3 is 9.47 Å². The highest BCUT2D eigenvalue weighted by Crippen LogP contribution is 2.30. The third kappa shape index (κ3) is 3.06. The van der Waals surface area contributed by atoms with Crippen LogP contribution in [-0.4, -0.2) is 29.8 Å². The quantitative estimate of drug-likeness (QED) is 0.695. The molecule has 22 heavy (non-hydrogen) atoms. The van der Waals surface area contributed by atoms with E-state index in [1.807, 2.05) is 25.1 Å². The molecule has 1 aliphatic rings. The number of carbonyl (C=O) groups excluding carboxylic acids is 1. The van der Waals surface area contributed by atoms with Gasteiger partial charge in [0.15, 0.2) is 11.5 Å². The number of hydrazone groups is 1. The Morgan fingerprint density at radius 3 is 2.77 bits per heavy atom. The van der Waals surface area contributed by atoms with E-state index < -0.39 is 0 Å². The van der Waals surface area contributed by atoms with Crippen LogP contribution in [0.1, 0.15) is 23.0 Å². The van der Waals surface area contributed by atoms with Crippen molar-refractivity contribution in [3.8, 4) is 11.5 Å². The second kappa shape index (κ2) is 6.26. The third-order valence-corrected chi connectivity index (χ3v) is 3.18. The highest BCUT2D eigenvalue weighted by molar-refractivity contribution is 6.00. The Hall–Kier alpha value is -2.89. The first kappa shape index (κ1) is 14.1. The van der Waals surface area contributed by atoms with Crippen LogP contribution in [0.4, 0.5) is 0 Å². The number of hydrogen-bond donors (Lipinski definition) is 1. The van der Waals surface area contributed by atoms with Crippen molar-refractivity contribution in [3.05, 3.63) is 53.9 Å². The zero-order valence-corrected chi connectivity index (χ0v) is 12.1. The molecule has 1 N–H and O–H groups in total. The second-order valence-electron chi connectivity index (χ2n) is 4.71. The first-order valence-corrected chi connectivity index (χ1v) is 6.90. The summed E-state index contributed by atoms with van der Waals surface area (Å²) in [4.78, 5) is 15.9. The van der Waals surface area contributed by atoms with Gasteiger partial charge in [-0.3, -0.25) is 9.78 Å². The molecule has 0 aliphatic carbocycles. The fraction of sp³-hybridized carbons (Fsp3) is 0.188. The van der Waals surface area contributed by atoms with Crippen molar-refractivity contribution in [2.45, 2.75) is 6.92 Å². The van der Waals surface area contributed by atoms with Gasteiger partial charge in [-0.05, 0) is 37.3 Å². The lowest BCUT2D eigenvalue weighted by Crippen LogP contribution is -2.20. The average Bonchev–Trinajstić information content (AvgIpc) is 2.59. The van der Waals surface area contributed by atoms with Gasteiger partial charge >= 0.3 is 0 Å². The topological polar surface area (TPSA) is 72.8 Å². The first-order valence-electron chi connectivity index (χ1n) is 6.90. The molecule has 112 valence electrons. The van der Waals surface area contributed by atoms with E-state index in [-0.39, 0.29) is 5.91 Å². The van der Waals surface area contributed by atoms with Crippen molar-refractivity contribution < 1.29 is 14.3 Å². The molecule has 6 nitrogen and oxygen atoms in total. The molecular formula is C16H15N3O3. The summed E-state index contributed by atoms with van der Waals surface area (Å²) >= 11 is 0. The van der Waals surface area contributed by atoms with Crippen LogP contribution < -0.4 is 14.9 Å². The largest absolute Gasteiger partial charge is 0.486 e. The number of hydrogen-bond acceptors (Lipinski definition) is 5. The van der Waals surface area contributed by atoms with Gasteiger partial charge in [-0.25, -0.2) is 5.43 Å². The Labute approximate surface area is 127 Å². The van der Waals surface area contributed by atoms with E-state index in [4.69, 9.17) is 9.47 Å². The summed E-state index contributed by atoms with van der Waals surface area (Å²) in [5.74, 6) is 1.06. The van der Waals surface area contributed by atoms with Crippen LogP contribution in [0.2, 0.25) is 0 Å². The zero-order valence-electron chi connectivity index (χ0n) is 12.1. The molecule has 0 bridgehead atoms. The lowest BCUT2D eigenvalue weighted by Gasteiger charge is -2.18. The van der Waals surface area contributed by atoms with E-state index in [1.54, 1.807) is 24.4 Å². The predicted molar refractivity (Wildman–Crippen MR) is 81.3 cm³/mol. The Morgan fingerprint density at radius 1 is 1.18 bits per heavy atom. The van der Waals surface area contributed by atoms with Crippen LogP contribution in [0.25, 0.3) is 0 Å². The summed E-state index contributed by atoms with van der Waals surface area (Å²) in [5, 5.41) is 4.10. The number of aromatic nitrogens is 1. The Balaban J connectivity index is 1.73. The number of rotatable bonds is 3. The molecule has 2 aromatic rings. The highest BCUT2D eigenvalue weighted by atomic mass is 16.6. The van der Waals surface area contributed by atoms with E-state index in [0.717, 1.165) is 11.3 Å². The molecule has 0 saturated carbocycles. The van der Waals surface area contributed by atoms with Gasteiger partial charge in [-0.1, -0.05) is 6.07 Å². The molecule has 0 fully saturated rings. The maximum Gasteiger partial charge on any atom is 0.289 e. The standard InChI is InChI=1S/C16H15N3O3/c1-11(18-19-16(20)13-4-2-3-7-17-13)12-5-6-14-15(10-12)22-9-8-21-14/h2-7,10H,8-9H2,1H3,(H,19,20)/b18-11-. The Kier molecular flexibility index (Phi) is 4.00. The van der Waals surface area contributed by atoms with Gasteiger partial charge in [-0.15, -0.1) is 0 Å². The van der Waals surface area contributed by atoms with E-state index in [9.17, 15) is 4.79 Å². The van der Waals surface area contributed by atoms with E-state index in [1.165, 1.54) is 0 Å². The SMILES string of the molecule is C/C(=N/NC(=O)c1ccccn1)c1ccc2c(c1)OCCO2. The van der Waals surface area contributed by atoms with E-state index in [2.05, 4.69) is 15.5 Å². The van der Waals surface area contributed by atoms with Gasteiger partial charge in [0.25, 0.3) is 5.91 Å².